The first-order valence-electron chi connectivity index (χ1n) is 7.17. The molecule has 4 heteroatoms. The molecule has 0 aliphatic carbocycles. The van der Waals surface area contributed by atoms with Crippen molar-refractivity contribution in [2.75, 3.05) is 18.0 Å². The Labute approximate surface area is 123 Å². The first kappa shape index (κ1) is 14.0. The van der Waals surface area contributed by atoms with Gasteiger partial charge in [-0.05, 0) is 24.6 Å². The summed E-state index contributed by atoms with van der Waals surface area (Å²) in [6.45, 7) is 4.39. The lowest BCUT2D eigenvalue weighted by Gasteiger charge is -2.31. The molecule has 21 heavy (non-hydrogen) atoms. The summed E-state index contributed by atoms with van der Waals surface area (Å²) in [7, 11) is 0. The fourth-order valence-electron chi connectivity index (χ4n) is 2.89. The number of nitrogens with one attached hydrogen (secondary N) is 1. The van der Waals surface area contributed by atoms with Gasteiger partial charge >= 0.3 is 0 Å². The van der Waals surface area contributed by atoms with Crippen LogP contribution in [0.4, 0.5) is 14.5 Å². The normalized spacial score (nSPS) is 16.2. The highest BCUT2D eigenvalue weighted by Gasteiger charge is 2.22. The van der Waals surface area contributed by atoms with E-state index in [1.807, 2.05) is 19.1 Å². The maximum atomic E-state index is 14.1. The molecule has 1 unspecified atom stereocenters. The van der Waals surface area contributed by atoms with Gasteiger partial charge in [-0.25, -0.2) is 8.78 Å². The van der Waals surface area contributed by atoms with E-state index in [0.29, 0.717) is 5.56 Å². The van der Waals surface area contributed by atoms with Crippen molar-refractivity contribution in [1.82, 2.24) is 5.32 Å². The molecule has 110 valence electrons. The molecule has 2 aromatic carbocycles. The summed E-state index contributed by atoms with van der Waals surface area (Å²) < 4.78 is 27.1. The van der Waals surface area contributed by atoms with Crippen LogP contribution >= 0.6 is 0 Å². The average Bonchev–Trinajstić information content (AvgIpc) is 2.69. The molecule has 0 amide bonds. The Bertz CT molecular complexity index is 642. The number of para-hydroxylation sites is 1. The number of halogens is 2. The molecule has 0 fully saturated rings. The van der Waals surface area contributed by atoms with Crippen molar-refractivity contribution < 1.29 is 8.78 Å². The van der Waals surface area contributed by atoms with Gasteiger partial charge in [-0.3, -0.25) is 0 Å². The van der Waals surface area contributed by atoms with Gasteiger partial charge in [-0.2, -0.15) is 0 Å². The fourth-order valence-corrected chi connectivity index (χ4v) is 2.89. The third-order valence-corrected chi connectivity index (χ3v) is 4.03. The minimum atomic E-state index is -0.540. The lowest BCUT2D eigenvalue weighted by Crippen LogP contribution is -2.31. The second-order valence-corrected chi connectivity index (χ2v) is 5.34. The summed E-state index contributed by atoms with van der Waals surface area (Å²) in [6, 6.07) is 11.8. The number of hydrogen-bond donors (Lipinski definition) is 1. The Morgan fingerprint density at radius 1 is 1.14 bits per heavy atom. The van der Waals surface area contributed by atoms with Crippen molar-refractivity contribution in [2.45, 2.75) is 19.5 Å². The van der Waals surface area contributed by atoms with E-state index in [1.165, 1.54) is 17.7 Å². The number of hydrogen-bond acceptors (Lipinski definition) is 2. The van der Waals surface area contributed by atoms with E-state index in [9.17, 15) is 8.78 Å². The average molecular weight is 288 g/mol. The van der Waals surface area contributed by atoms with Gasteiger partial charge in [0.2, 0.25) is 0 Å². The van der Waals surface area contributed by atoms with Gasteiger partial charge in [0, 0.05) is 37.0 Å². The number of benzene rings is 2. The summed E-state index contributed by atoms with van der Waals surface area (Å²) in [5, 5.41) is 3.37. The van der Waals surface area contributed by atoms with Crippen molar-refractivity contribution in [3.63, 3.8) is 0 Å². The van der Waals surface area contributed by atoms with E-state index < -0.39 is 11.6 Å². The van der Waals surface area contributed by atoms with Crippen LogP contribution in [0.5, 0.6) is 0 Å². The Kier molecular flexibility index (Phi) is 3.88. The summed E-state index contributed by atoms with van der Waals surface area (Å²) in [5.41, 5.74) is 2.83. The zero-order valence-corrected chi connectivity index (χ0v) is 11.9. The molecule has 1 N–H and O–H groups in total. The van der Waals surface area contributed by atoms with E-state index in [4.69, 9.17) is 0 Å². The lowest BCUT2D eigenvalue weighted by atomic mass is 10.0. The number of fused-ring (bicyclic) bond motifs is 1. The highest BCUT2D eigenvalue weighted by Crippen LogP contribution is 2.31. The third kappa shape index (κ3) is 2.76. The molecule has 0 bridgehead atoms. The third-order valence-electron chi connectivity index (χ3n) is 4.03. The van der Waals surface area contributed by atoms with Gasteiger partial charge < -0.3 is 10.2 Å². The molecule has 3 rings (SSSR count). The Morgan fingerprint density at radius 3 is 2.76 bits per heavy atom. The Balaban J connectivity index is 1.99. The van der Waals surface area contributed by atoms with Gasteiger partial charge in [0.1, 0.15) is 11.6 Å². The van der Waals surface area contributed by atoms with Crippen LogP contribution in [0, 0.1) is 11.6 Å². The van der Waals surface area contributed by atoms with Crippen LogP contribution in [0.3, 0.4) is 0 Å². The first-order valence-corrected chi connectivity index (χ1v) is 7.17. The van der Waals surface area contributed by atoms with Crippen molar-refractivity contribution >= 4 is 5.69 Å². The van der Waals surface area contributed by atoms with E-state index in [1.54, 1.807) is 0 Å². The largest absolute Gasteiger partial charge is 0.363 e. The maximum absolute atomic E-state index is 14.1. The standard InChI is InChI=1S/C17H18F2N2/c1-12(15-7-6-14(18)10-16(15)19)21-9-8-20-11-13-4-2-3-5-17(13)21/h2-7,10,12,20H,8-9,11H2,1H3. The second kappa shape index (κ2) is 5.82. The van der Waals surface area contributed by atoms with Crippen LogP contribution in [-0.2, 0) is 6.54 Å². The zero-order valence-electron chi connectivity index (χ0n) is 11.9. The highest BCUT2D eigenvalue weighted by molar-refractivity contribution is 5.56. The van der Waals surface area contributed by atoms with Gasteiger partial charge in [-0.15, -0.1) is 0 Å². The number of rotatable bonds is 2. The van der Waals surface area contributed by atoms with Crippen LogP contribution in [-0.4, -0.2) is 13.1 Å². The molecule has 0 radical (unpaired) electrons. The van der Waals surface area contributed by atoms with Gasteiger partial charge in [-0.1, -0.05) is 24.3 Å². The minimum absolute atomic E-state index is 0.147. The first-order chi connectivity index (χ1) is 10.2. The predicted molar refractivity (Wildman–Crippen MR) is 80.3 cm³/mol. The molecular formula is C17H18F2N2. The SMILES string of the molecule is CC(c1ccc(F)cc1F)N1CCNCc2ccccc21. The molecule has 1 heterocycles. The molecule has 2 nitrogen and oxygen atoms in total. The van der Waals surface area contributed by atoms with Crippen molar-refractivity contribution in [3.8, 4) is 0 Å². The number of anilines is 1. The van der Waals surface area contributed by atoms with Crippen LogP contribution in [0.25, 0.3) is 0 Å². The molecule has 0 spiro atoms. The lowest BCUT2D eigenvalue weighted by molar-refractivity contribution is 0.549. The van der Waals surface area contributed by atoms with Crippen LogP contribution in [0.1, 0.15) is 24.1 Å². The van der Waals surface area contributed by atoms with Crippen LogP contribution in [0.15, 0.2) is 42.5 Å². The molecule has 1 aliphatic heterocycles. The second-order valence-electron chi connectivity index (χ2n) is 5.34. The Morgan fingerprint density at radius 2 is 1.95 bits per heavy atom. The van der Waals surface area contributed by atoms with Crippen molar-refractivity contribution in [1.29, 1.82) is 0 Å². The summed E-state index contributed by atoms with van der Waals surface area (Å²) >= 11 is 0. The van der Waals surface area contributed by atoms with Gasteiger partial charge in [0.25, 0.3) is 0 Å². The molecule has 1 atom stereocenters. The summed E-state index contributed by atoms with van der Waals surface area (Å²) in [6.07, 6.45) is 0. The summed E-state index contributed by atoms with van der Waals surface area (Å²) in [4.78, 5) is 2.17. The van der Waals surface area contributed by atoms with E-state index in [2.05, 4.69) is 22.3 Å². The van der Waals surface area contributed by atoms with E-state index >= 15 is 0 Å². The number of nitrogens with zero attached hydrogens (tertiary/aromatic N) is 1. The van der Waals surface area contributed by atoms with Crippen LogP contribution in [0.2, 0.25) is 0 Å². The molecule has 1 aliphatic rings. The molecule has 0 saturated carbocycles. The Hall–Kier alpha value is -1.94. The predicted octanol–water partition coefficient (Wildman–Crippen LogP) is 3.64. The smallest absolute Gasteiger partial charge is 0.131 e. The quantitative estimate of drug-likeness (QED) is 0.907. The molecule has 0 saturated heterocycles. The van der Waals surface area contributed by atoms with E-state index in [-0.39, 0.29) is 6.04 Å². The minimum Gasteiger partial charge on any atom is -0.363 e. The maximum Gasteiger partial charge on any atom is 0.131 e. The van der Waals surface area contributed by atoms with Crippen LogP contribution < -0.4 is 10.2 Å². The zero-order chi connectivity index (χ0) is 14.8. The van der Waals surface area contributed by atoms with Crippen molar-refractivity contribution in [3.05, 3.63) is 65.2 Å². The molecule has 2 aromatic rings. The van der Waals surface area contributed by atoms with E-state index in [0.717, 1.165) is 31.4 Å². The summed E-state index contributed by atoms with van der Waals surface area (Å²) in [5.74, 6) is -1.03. The molecular weight excluding hydrogens is 270 g/mol. The topological polar surface area (TPSA) is 15.3 Å². The highest BCUT2D eigenvalue weighted by atomic mass is 19.1. The van der Waals surface area contributed by atoms with Gasteiger partial charge in [0.15, 0.2) is 0 Å². The molecule has 0 aromatic heterocycles. The van der Waals surface area contributed by atoms with Gasteiger partial charge in [0.05, 0.1) is 6.04 Å². The monoisotopic (exact) mass is 288 g/mol. The fraction of sp³-hybridized carbons (Fsp3) is 0.294. The van der Waals surface area contributed by atoms with Crippen molar-refractivity contribution in [2.24, 2.45) is 0 Å².